The normalized spacial score (nSPS) is 12.3. The summed E-state index contributed by atoms with van der Waals surface area (Å²) < 4.78 is 0. The summed E-state index contributed by atoms with van der Waals surface area (Å²) in [6, 6.07) is 43.8. The Morgan fingerprint density at radius 3 is 2.00 bits per heavy atom. The Morgan fingerprint density at radius 1 is 0.659 bits per heavy atom. The summed E-state index contributed by atoms with van der Waals surface area (Å²) >= 11 is 0. The van der Waals surface area contributed by atoms with Crippen molar-refractivity contribution >= 4 is 22.8 Å². The molecule has 0 amide bonds. The molecule has 3 heteroatoms. The molecule has 41 heavy (non-hydrogen) atoms. The van der Waals surface area contributed by atoms with Gasteiger partial charge in [-0.25, -0.2) is 0 Å². The van der Waals surface area contributed by atoms with E-state index in [2.05, 4.69) is 146 Å². The van der Waals surface area contributed by atoms with Gasteiger partial charge in [0.2, 0.25) is 0 Å². The first kappa shape index (κ1) is 30.7. The largest absolute Gasteiger partial charge is 1.00 e. The summed E-state index contributed by atoms with van der Waals surface area (Å²) in [5.41, 5.74) is 11.4. The van der Waals surface area contributed by atoms with Crippen molar-refractivity contribution in [2.24, 2.45) is 0 Å². The fourth-order valence-electron chi connectivity index (χ4n) is 5.95. The van der Waals surface area contributed by atoms with E-state index in [9.17, 15) is 0 Å². The van der Waals surface area contributed by atoms with Crippen LogP contribution in [0.25, 0.3) is 22.8 Å². The van der Waals surface area contributed by atoms with E-state index in [1.807, 2.05) is 0 Å². The monoisotopic (exact) mass is 733 g/mol. The molecule has 2 aliphatic carbocycles. The first-order valence-corrected chi connectivity index (χ1v) is 13.3. The van der Waals surface area contributed by atoms with Gasteiger partial charge in [0.15, 0.2) is 0 Å². The van der Waals surface area contributed by atoms with Gasteiger partial charge in [0.25, 0.3) is 0 Å². The van der Waals surface area contributed by atoms with E-state index in [-0.39, 0.29) is 50.7 Å². The van der Waals surface area contributed by atoms with Gasteiger partial charge in [0.05, 0.1) is 0 Å². The number of aryl methyl sites for hydroxylation is 1. The third-order valence-electron chi connectivity index (χ3n) is 7.64. The summed E-state index contributed by atoms with van der Waals surface area (Å²) in [6.07, 6.45) is 9.35. The molecule has 0 bridgehead atoms. The molecule has 0 aromatic heterocycles. The molecule has 200 valence electrons. The summed E-state index contributed by atoms with van der Waals surface area (Å²) in [6.45, 7) is 2.17. The van der Waals surface area contributed by atoms with Crippen LogP contribution >= 0.6 is 0 Å². The van der Waals surface area contributed by atoms with E-state index in [0.717, 1.165) is 6.42 Å². The minimum atomic E-state index is 0. The molecule has 0 nitrogen and oxygen atoms in total. The van der Waals surface area contributed by atoms with E-state index in [4.69, 9.17) is 0 Å². The van der Waals surface area contributed by atoms with Crippen molar-refractivity contribution in [3.8, 4) is 0 Å². The molecule has 0 radical (unpaired) electrons. The Bertz CT molecular complexity index is 1950. The Labute approximate surface area is 272 Å². The van der Waals surface area contributed by atoms with Crippen molar-refractivity contribution < 1.29 is 50.7 Å². The van der Waals surface area contributed by atoms with Crippen molar-refractivity contribution in [3.05, 3.63) is 188 Å². The Hall–Kier alpha value is -3.23. The third-order valence-corrected chi connectivity index (χ3v) is 7.64. The molecule has 0 spiro atoms. The number of rotatable bonds is 4. The zero-order chi connectivity index (χ0) is 25.5. The molecule has 0 aliphatic heterocycles. The topological polar surface area (TPSA) is 0 Å². The van der Waals surface area contributed by atoms with E-state index < -0.39 is 0 Å². The van der Waals surface area contributed by atoms with Crippen LogP contribution in [0.4, 0.5) is 0 Å². The molecular weight excluding hydrogens is 706 g/mol. The molecule has 5 aromatic carbocycles. The molecule has 5 aromatic rings. The number of hydrogen-bond acceptors (Lipinski definition) is 0. The molecule has 0 saturated heterocycles. The number of benzene rings is 5. The van der Waals surface area contributed by atoms with Crippen molar-refractivity contribution in [2.75, 3.05) is 0 Å². The van der Waals surface area contributed by atoms with E-state index in [1.165, 1.54) is 71.0 Å². The number of halogens is 2. The quantitative estimate of drug-likeness (QED) is 0.190. The van der Waals surface area contributed by atoms with Gasteiger partial charge in [-0.2, -0.15) is 0 Å². The average Bonchev–Trinajstić information content (AvgIpc) is 3.59. The summed E-state index contributed by atoms with van der Waals surface area (Å²) in [5.74, 6) is 0. The standard InChI is InChI=1S/C38H27.2ClH.Hf/c1-26-12-10-18-29(24-26)32-20-11-21-34(32)38-35(23-22-33-31-19-9-8-17-30(31)25-36(33)38)37(27-13-4-2-5-14-27)28-15-6-3-7-16-28;;;/h2-20,22-24H,21H2,1H3;2*1H;/q-1;;;/p-2. The van der Waals surface area contributed by atoms with E-state index in [0.29, 0.717) is 0 Å². The zero-order valence-corrected chi connectivity index (χ0v) is 27.8. The molecule has 2 aliphatic rings. The first-order chi connectivity index (χ1) is 18.8. The average molecular weight is 733 g/mol. The van der Waals surface area contributed by atoms with Crippen LogP contribution in [0.3, 0.4) is 0 Å². The maximum Gasteiger partial charge on any atom is 0 e. The number of allylic oxidation sites excluding steroid dienone is 4. The van der Waals surface area contributed by atoms with Gasteiger partial charge in [-0.15, -0.1) is 33.4 Å². The number of fused-ring (bicyclic) bond motifs is 2. The van der Waals surface area contributed by atoms with Gasteiger partial charge in [-0.05, 0) is 46.4 Å². The molecule has 0 fully saturated rings. The molecular formula is C38H27Cl2Hf-3. The van der Waals surface area contributed by atoms with Gasteiger partial charge < -0.3 is 24.8 Å². The molecule has 0 N–H and O–H groups in total. The Morgan fingerprint density at radius 2 is 1.32 bits per heavy atom. The third kappa shape index (κ3) is 5.64. The maximum atomic E-state index is 3.83. The van der Waals surface area contributed by atoms with Crippen LogP contribution in [0.1, 0.15) is 39.8 Å². The van der Waals surface area contributed by atoms with Crippen LogP contribution in [0.5, 0.6) is 0 Å². The van der Waals surface area contributed by atoms with Gasteiger partial charge in [-0.1, -0.05) is 144 Å². The van der Waals surface area contributed by atoms with Crippen LogP contribution in [-0.2, 0) is 25.8 Å². The second-order valence-corrected chi connectivity index (χ2v) is 10.1. The minimum absolute atomic E-state index is 0. The second-order valence-electron chi connectivity index (χ2n) is 10.1. The van der Waals surface area contributed by atoms with Crippen LogP contribution in [0, 0.1) is 17.4 Å². The summed E-state index contributed by atoms with van der Waals surface area (Å²) in [4.78, 5) is 0. The maximum absolute atomic E-state index is 3.83. The minimum Gasteiger partial charge on any atom is -1.00 e. The van der Waals surface area contributed by atoms with Crippen LogP contribution in [0.15, 0.2) is 133 Å². The second kappa shape index (κ2) is 13.2. The van der Waals surface area contributed by atoms with Crippen molar-refractivity contribution in [1.82, 2.24) is 0 Å². The SMILES string of the molecule is Cc1cccc(C2=C(c3c4c(ccc3=C(c3ccccc3)c3ccccc3)=c3ccccc3=[C-]4)CC=C2)c1.[Cl-].[Cl-].[Hf]. The van der Waals surface area contributed by atoms with Crippen molar-refractivity contribution in [1.29, 1.82) is 0 Å². The summed E-state index contributed by atoms with van der Waals surface area (Å²) in [7, 11) is 0. The number of hydrogen-bond donors (Lipinski definition) is 0. The molecule has 0 unspecified atom stereocenters. The zero-order valence-electron chi connectivity index (χ0n) is 22.7. The van der Waals surface area contributed by atoms with Gasteiger partial charge in [0.1, 0.15) is 0 Å². The fraction of sp³-hybridized carbons (Fsp3) is 0.0526. The summed E-state index contributed by atoms with van der Waals surface area (Å²) in [5, 5.41) is 4.96. The molecule has 7 rings (SSSR count). The van der Waals surface area contributed by atoms with Crippen LogP contribution in [0.2, 0.25) is 0 Å². The van der Waals surface area contributed by atoms with Crippen molar-refractivity contribution in [3.63, 3.8) is 0 Å². The predicted molar refractivity (Wildman–Crippen MR) is 159 cm³/mol. The van der Waals surface area contributed by atoms with Gasteiger partial charge >= 0.3 is 0 Å². The van der Waals surface area contributed by atoms with Crippen LogP contribution in [-0.4, -0.2) is 0 Å². The Kier molecular flexibility index (Phi) is 9.87. The molecule has 0 saturated carbocycles. The molecule has 0 heterocycles. The predicted octanol–water partition coefficient (Wildman–Crippen LogP) is 1.42. The van der Waals surface area contributed by atoms with E-state index >= 15 is 0 Å². The van der Waals surface area contributed by atoms with Gasteiger partial charge in [-0.3, -0.25) is 0 Å². The van der Waals surface area contributed by atoms with Crippen LogP contribution < -0.4 is 35.3 Å². The van der Waals surface area contributed by atoms with E-state index in [1.54, 1.807) is 0 Å². The first-order valence-electron chi connectivity index (χ1n) is 13.3. The van der Waals surface area contributed by atoms with Gasteiger partial charge in [0, 0.05) is 25.8 Å². The fourth-order valence-corrected chi connectivity index (χ4v) is 5.95. The smallest absolute Gasteiger partial charge is 0 e. The molecule has 0 atom stereocenters. The van der Waals surface area contributed by atoms with Crippen molar-refractivity contribution in [2.45, 2.75) is 13.3 Å². The Balaban J connectivity index is 0.00000129.